The summed E-state index contributed by atoms with van der Waals surface area (Å²) in [6.45, 7) is 4.04. The number of benzene rings is 1. The maximum absolute atomic E-state index is 4.53. The van der Waals surface area contributed by atoms with E-state index in [0.717, 1.165) is 40.5 Å². The fourth-order valence-electron chi connectivity index (χ4n) is 1.50. The lowest BCUT2D eigenvalue weighted by Crippen LogP contribution is -2.13. The van der Waals surface area contributed by atoms with Crippen LogP contribution >= 0.6 is 27.3 Å². The first-order valence-electron chi connectivity index (χ1n) is 5.95. The summed E-state index contributed by atoms with van der Waals surface area (Å²) in [4.78, 5) is 4.53. The van der Waals surface area contributed by atoms with Gasteiger partial charge in [0.2, 0.25) is 0 Å². The molecular weight excluding hydrogens is 310 g/mol. The van der Waals surface area contributed by atoms with Crippen molar-refractivity contribution in [3.8, 4) is 0 Å². The van der Waals surface area contributed by atoms with Crippen LogP contribution in [0.4, 0.5) is 10.8 Å². The van der Waals surface area contributed by atoms with Crippen LogP contribution in [0.3, 0.4) is 0 Å². The number of hydrogen-bond acceptors (Lipinski definition) is 4. The summed E-state index contributed by atoms with van der Waals surface area (Å²) in [6, 6.07) is 8.08. The molecule has 1 aromatic heterocycles. The molecule has 96 valence electrons. The van der Waals surface area contributed by atoms with Gasteiger partial charge in [-0.05, 0) is 37.2 Å². The van der Waals surface area contributed by atoms with Crippen molar-refractivity contribution in [3.63, 3.8) is 0 Å². The number of hydrogen-bond donors (Lipinski definition) is 2. The van der Waals surface area contributed by atoms with E-state index in [1.165, 1.54) is 0 Å². The van der Waals surface area contributed by atoms with Crippen molar-refractivity contribution in [2.75, 3.05) is 11.9 Å². The summed E-state index contributed by atoms with van der Waals surface area (Å²) in [7, 11) is 0. The Hall–Kier alpha value is -0.910. The van der Waals surface area contributed by atoms with Gasteiger partial charge in [-0.1, -0.05) is 22.9 Å². The van der Waals surface area contributed by atoms with Crippen LogP contribution < -0.4 is 10.6 Å². The van der Waals surface area contributed by atoms with Crippen LogP contribution in [-0.4, -0.2) is 11.5 Å². The normalized spacial score (nSPS) is 10.6. The number of nitrogens with one attached hydrogen (secondary N) is 2. The molecular formula is C13H16BrN3S. The van der Waals surface area contributed by atoms with Crippen LogP contribution in [0.15, 0.2) is 34.1 Å². The molecule has 0 amide bonds. The van der Waals surface area contributed by atoms with Crippen LogP contribution in [0.5, 0.6) is 0 Å². The van der Waals surface area contributed by atoms with Gasteiger partial charge in [0.1, 0.15) is 0 Å². The van der Waals surface area contributed by atoms with Crippen molar-refractivity contribution in [1.82, 2.24) is 10.3 Å². The lowest BCUT2D eigenvalue weighted by molar-refractivity contribution is 0.667. The van der Waals surface area contributed by atoms with E-state index >= 15 is 0 Å². The molecule has 0 aliphatic rings. The summed E-state index contributed by atoms with van der Waals surface area (Å²) in [5.74, 6) is 0. The second-order valence-corrected chi connectivity index (χ2v) is 5.73. The number of rotatable bonds is 6. The molecule has 1 heterocycles. The number of anilines is 2. The quantitative estimate of drug-likeness (QED) is 0.783. The Kier molecular flexibility index (Phi) is 5.16. The Labute approximate surface area is 120 Å². The van der Waals surface area contributed by atoms with E-state index in [9.17, 15) is 0 Å². The van der Waals surface area contributed by atoms with Gasteiger partial charge in [0.05, 0.1) is 5.69 Å². The van der Waals surface area contributed by atoms with Gasteiger partial charge >= 0.3 is 0 Å². The number of thiazole rings is 1. The van der Waals surface area contributed by atoms with Crippen LogP contribution in [0, 0.1) is 0 Å². The van der Waals surface area contributed by atoms with Crippen molar-refractivity contribution in [2.24, 2.45) is 0 Å². The van der Waals surface area contributed by atoms with E-state index in [-0.39, 0.29) is 0 Å². The van der Waals surface area contributed by atoms with Gasteiger partial charge in [-0.3, -0.25) is 0 Å². The van der Waals surface area contributed by atoms with E-state index in [2.05, 4.69) is 43.9 Å². The predicted molar refractivity (Wildman–Crippen MR) is 81.5 cm³/mol. The van der Waals surface area contributed by atoms with Crippen LogP contribution in [-0.2, 0) is 6.54 Å². The van der Waals surface area contributed by atoms with Gasteiger partial charge in [0, 0.05) is 22.1 Å². The Morgan fingerprint density at radius 3 is 2.78 bits per heavy atom. The third kappa shape index (κ3) is 4.08. The molecule has 2 rings (SSSR count). The molecule has 3 nitrogen and oxygen atoms in total. The van der Waals surface area contributed by atoms with Crippen molar-refractivity contribution in [3.05, 3.63) is 39.8 Å². The lowest BCUT2D eigenvalue weighted by Gasteiger charge is -2.02. The van der Waals surface area contributed by atoms with Gasteiger partial charge in [-0.25, -0.2) is 4.98 Å². The average molecular weight is 326 g/mol. The van der Waals surface area contributed by atoms with Crippen LogP contribution in [0.1, 0.15) is 19.0 Å². The molecule has 0 aliphatic carbocycles. The van der Waals surface area contributed by atoms with Crippen molar-refractivity contribution < 1.29 is 0 Å². The summed E-state index contributed by atoms with van der Waals surface area (Å²) < 4.78 is 1.08. The standard InChI is InChI=1S/C13H16BrN3S/c1-2-7-15-8-12-9-18-13(17-12)16-11-5-3-10(14)4-6-11/h3-6,9,15H,2,7-8H2,1H3,(H,16,17). The van der Waals surface area contributed by atoms with Gasteiger partial charge in [-0.15, -0.1) is 11.3 Å². The molecule has 0 unspecified atom stereocenters. The molecule has 0 bridgehead atoms. The van der Waals surface area contributed by atoms with E-state index in [1.807, 2.05) is 24.3 Å². The Balaban J connectivity index is 1.91. The largest absolute Gasteiger partial charge is 0.332 e. The third-order valence-electron chi connectivity index (χ3n) is 2.38. The minimum atomic E-state index is 0.840. The molecule has 0 atom stereocenters. The Morgan fingerprint density at radius 2 is 2.06 bits per heavy atom. The minimum Gasteiger partial charge on any atom is -0.332 e. The molecule has 0 radical (unpaired) electrons. The summed E-state index contributed by atoms with van der Waals surface area (Å²) in [5.41, 5.74) is 2.15. The highest BCUT2D eigenvalue weighted by Gasteiger charge is 2.01. The fourth-order valence-corrected chi connectivity index (χ4v) is 2.49. The SMILES string of the molecule is CCCNCc1csc(Nc2ccc(Br)cc2)n1. The van der Waals surface area contributed by atoms with E-state index in [1.54, 1.807) is 11.3 Å². The number of aromatic nitrogens is 1. The molecule has 1 aromatic carbocycles. The molecule has 0 fully saturated rings. The maximum atomic E-state index is 4.53. The molecule has 0 aliphatic heterocycles. The van der Waals surface area contributed by atoms with Gasteiger partial charge < -0.3 is 10.6 Å². The second kappa shape index (κ2) is 6.87. The van der Waals surface area contributed by atoms with Gasteiger partial charge in [0.15, 0.2) is 5.13 Å². The molecule has 2 N–H and O–H groups in total. The Morgan fingerprint density at radius 1 is 1.28 bits per heavy atom. The lowest BCUT2D eigenvalue weighted by atomic mass is 10.3. The highest BCUT2D eigenvalue weighted by atomic mass is 79.9. The maximum Gasteiger partial charge on any atom is 0.187 e. The van der Waals surface area contributed by atoms with Gasteiger partial charge in [-0.2, -0.15) is 0 Å². The summed E-state index contributed by atoms with van der Waals surface area (Å²) in [6.07, 6.45) is 1.15. The Bertz CT molecular complexity index is 481. The average Bonchev–Trinajstić information content (AvgIpc) is 2.80. The number of nitrogens with zero attached hydrogens (tertiary/aromatic N) is 1. The van der Waals surface area contributed by atoms with Crippen molar-refractivity contribution >= 4 is 38.1 Å². The first-order valence-corrected chi connectivity index (χ1v) is 7.63. The van der Waals surface area contributed by atoms with Crippen LogP contribution in [0.25, 0.3) is 0 Å². The zero-order chi connectivity index (χ0) is 12.8. The second-order valence-electron chi connectivity index (χ2n) is 3.95. The first-order chi connectivity index (χ1) is 8.78. The molecule has 0 saturated heterocycles. The van der Waals surface area contributed by atoms with E-state index < -0.39 is 0 Å². The molecule has 18 heavy (non-hydrogen) atoms. The van der Waals surface area contributed by atoms with E-state index in [0.29, 0.717) is 0 Å². The van der Waals surface area contributed by atoms with Crippen molar-refractivity contribution in [1.29, 1.82) is 0 Å². The number of halogens is 1. The fraction of sp³-hybridized carbons (Fsp3) is 0.308. The van der Waals surface area contributed by atoms with Crippen LogP contribution in [0.2, 0.25) is 0 Å². The third-order valence-corrected chi connectivity index (χ3v) is 3.72. The zero-order valence-corrected chi connectivity index (χ0v) is 12.6. The summed E-state index contributed by atoms with van der Waals surface area (Å²) >= 11 is 5.05. The van der Waals surface area contributed by atoms with Gasteiger partial charge in [0.25, 0.3) is 0 Å². The molecule has 0 spiro atoms. The van der Waals surface area contributed by atoms with E-state index in [4.69, 9.17) is 0 Å². The minimum absolute atomic E-state index is 0.840. The highest BCUT2D eigenvalue weighted by molar-refractivity contribution is 9.10. The van der Waals surface area contributed by atoms with Crippen molar-refractivity contribution in [2.45, 2.75) is 19.9 Å². The molecule has 0 saturated carbocycles. The smallest absolute Gasteiger partial charge is 0.187 e. The first kappa shape index (κ1) is 13.5. The summed E-state index contributed by atoms with van der Waals surface area (Å²) in [5, 5.41) is 9.67. The predicted octanol–water partition coefficient (Wildman–Crippen LogP) is 4.15. The highest BCUT2D eigenvalue weighted by Crippen LogP contribution is 2.22. The molecule has 2 aromatic rings. The monoisotopic (exact) mass is 325 g/mol. The zero-order valence-electron chi connectivity index (χ0n) is 10.2. The molecule has 5 heteroatoms. The topological polar surface area (TPSA) is 37.0 Å².